The first-order chi connectivity index (χ1) is 12.9. The van der Waals surface area contributed by atoms with Gasteiger partial charge in [0.05, 0.1) is 11.4 Å². The second-order valence-electron chi connectivity index (χ2n) is 7.00. The standard InChI is InChI=1S/C20H27N3O3S/c1-3-23-12-6-9-18(23)14-21-20(24)15-22(2)27(25,26)19-11-10-16-7-4-5-8-17(16)13-19/h4-5,7-8,10-11,13,18H,3,6,9,12,14-15H2,1-2H3,(H,21,24)/t18-/m1/s1. The number of carbonyl (C=O) groups excluding carboxylic acids is 1. The third-order valence-corrected chi connectivity index (χ3v) is 7.03. The fraction of sp³-hybridized carbons (Fsp3) is 0.450. The van der Waals surface area contributed by atoms with Crippen LogP contribution in [-0.2, 0) is 14.8 Å². The fourth-order valence-corrected chi connectivity index (χ4v) is 4.79. The molecule has 1 aliphatic heterocycles. The molecule has 6 nitrogen and oxygen atoms in total. The molecule has 0 spiro atoms. The van der Waals surface area contributed by atoms with Gasteiger partial charge in [-0.3, -0.25) is 9.69 Å². The zero-order valence-electron chi connectivity index (χ0n) is 15.9. The van der Waals surface area contributed by atoms with Gasteiger partial charge in [0.15, 0.2) is 0 Å². The van der Waals surface area contributed by atoms with Crippen LogP contribution in [0.25, 0.3) is 10.8 Å². The van der Waals surface area contributed by atoms with Gasteiger partial charge in [-0.05, 0) is 48.8 Å². The number of rotatable bonds is 7. The lowest BCUT2D eigenvalue weighted by Gasteiger charge is -2.23. The van der Waals surface area contributed by atoms with Gasteiger partial charge < -0.3 is 5.32 Å². The van der Waals surface area contributed by atoms with Crippen LogP contribution in [0.4, 0.5) is 0 Å². The van der Waals surface area contributed by atoms with Crippen LogP contribution < -0.4 is 5.32 Å². The third kappa shape index (κ3) is 4.48. The summed E-state index contributed by atoms with van der Waals surface area (Å²) in [5.41, 5.74) is 0. The van der Waals surface area contributed by atoms with Gasteiger partial charge in [0.25, 0.3) is 0 Å². The Balaban J connectivity index is 1.63. The van der Waals surface area contributed by atoms with Crippen molar-refractivity contribution in [3.05, 3.63) is 42.5 Å². The Bertz CT molecular complexity index is 914. The van der Waals surface area contributed by atoms with Gasteiger partial charge in [0, 0.05) is 19.6 Å². The highest BCUT2D eigenvalue weighted by Gasteiger charge is 2.25. The van der Waals surface area contributed by atoms with Crippen molar-refractivity contribution in [2.75, 3.05) is 33.2 Å². The molecule has 7 heteroatoms. The molecule has 1 atom stereocenters. The molecule has 0 unspecified atom stereocenters. The fourth-order valence-electron chi connectivity index (χ4n) is 3.63. The summed E-state index contributed by atoms with van der Waals surface area (Å²) in [6.45, 7) is 4.53. The van der Waals surface area contributed by atoms with E-state index in [-0.39, 0.29) is 17.3 Å². The molecule has 1 heterocycles. The number of carbonyl (C=O) groups is 1. The first kappa shape index (κ1) is 19.8. The summed E-state index contributed by atoms with van der Waals surface area (Å²) in [6, 6.07) is 13.0. The predicted octanol–water partition coefficient (Wildman–Crippen LogP) is 2.06. The number of sulfonamides is 1. The number of amides is 1. The molecule has 1 fully saturated rings. The van der Waals surface area contributed by atoms with E-state index in [2.05, 4.69) is 17.1 Å². The van der Waals surface area contributed by atoms with Gasteiger partial charge in [-0.15, -0.1) is 0 Å². The predicted molar refractivity (Wildman–Crippen MR) is 107 cm³/mol. The van der Waals surface area contributed by atoms with E-state index in [4.69, 9.17) is 0 Å². The van der Waals surface area contributed by atoms with Crippen molar-refractivity contribution < 1.29 is 13.2 Å². The molecular weight excluding hydrogens is 362 g/mol. The van der Waals surface area contributed by atoms with Gasteiger partial charge in [-0.2, -0.15) is 4.31 Å². The lowest BCUT2D eigenvalue weighted by atomic mass is 10.1. The second kappa shape index (κ2) is 8.37. The third-order valence-electron chi connectivity index (χ3n) is 5.24. The molecule has 0 saturated carbocycles. The number of likely N-dealkylation sites (N-methyl/N-ethyl adjacent to an activating group) is 2. The van der Waals surface area contributed by atoms with Crippen molar-refractivity contribution in [1.82, 2.24) is 14.5 Å². The largest absolute Gasteiger partial charge is 0.353 e. The van der Waals surface area contributed by atoms with E-state index in [0.29, 0.717) is 12.6 Å². The minimum atomic E-state index is -3.72. The molecular formula is C20H27N3O3S. The number of fused-ring (bicyclic) bond motifs is 1. The molecule has 1 saturated heterocycles. The van der Waals surface area contributed by atoms with E-state index >= 15 is 0 Å². The maximum absolute atomic E-state index is 12.8. The van der Waals surface area contributed by atoms with Crippen LogP contribution in [0, 0.1) is 0 Å². The van der Waals surface area contributed by atoms with Crippen molar-refractivity contribution in [2.24, 2.45) is 0 Å². The molecule has 1 N–H and O–H groups in total. The first-order valence-corrected chi connectivity index (χ1v) is 10.8. The number of benzene rings is 2. The zero-order chi connectivity index (χ0) is 19.4. The summed E-state index contributed by atoms with van der Waals surface area (Å²) in [5.74, 6) is -0.273. The molecule has 146 valence electrons. The minimum Gasteiger partial charge on any atom is -0.353 e. The van der Waals surface area contributed by atoms with E-state index in [1.807, 2.05) is 24.3 Å². The molecule has 0 bridgehead atoms. The van der Waals surface area contributed by atoms with Gasteiger partial charge >= 0.3 is 0 Å². The number of nitrogens with zero attached hydrogens (tertiary/aromatic N) is 2. The summed E-state index contributed by atoms with van der Waals surface area (Å²) in [7, 11) is -2.27. The van der Waals surface area contributed by atoms with Crippen LogP contribution in [0.3, 0.4) is 0 Å². The van der Waals surface area contributed by atoms with E-state index < -0.39 is 10.0 Å². The smallest absolute Gasteiger partial charge is 0.243 e. The highest BCUT2D eigenvalue weighted by Crippen LogP contribution is 2.21. The van der Waals surface area contributed by atoms with Crippen LogP contribution in [0.2, 0.25) is 0 Å². The quantitative estimate of drug-likeness (QED) is 0.787. The Morgan fingerprint density at radius 2 is 1.96 bits per heavy atom. The van der Waals surface area contributed by atoms with E-state index in [1.54, 1.807) is 18.2 Å². The van der Waals surface area contributed by atoms with E-state index in [0.717, 1.165) is 41.0 Å². The second-order valence-corrected chi connectivity index (χ2v) is 9.04. The Morgan fingerprint density at radius 3 is 2.70 bits per heavy atom. The van der Waals surface area contributed by atoms with Gasteiger partial charge in [0.2, 0.25) is 15.9 Å². The maximum Gasteiger partial charge on any atom is 0.243 e. The number of likely N-dealkylation sites (tertiary alicyclic amines) is 1. The van der Waals surface area contributed by atoms with Gasteiger partial charge in [-0.25, -0.2) is 8.42 Å². The van der Waals surface area contributed by atoms with Crippen molar-refractivity contribution in [1.29, 1.82) is 0 Å². The summed E-state index contributed by atoms with van der Waals surface area (Å²) in [5, 5.41) is 4.73. The number of hydrogen-bond donors (Lipinski definition) is 1. The molecule has 0 aliphatic carbocycles. The summed E-state index contributed by atoms with van der Waals surface area (Å²) in [6.07, 6.45) is 2.21. The molecule has 3 rings (SSSR count). The SMILES string of the molecule is CCN1CCC[C@@H]1CNC(=O)CN(C)S(=O)(=O)c1ccc2ccccc2c1. The molecule has 0 radical (unpaired) electrons. The lowest BCUT2D eigenvalue weighted by Crippen LogP contribution is -2.44. The Kier molecular flexibility index (Phi) is 6.14. The van der Waals surface area contributed by atoms with Crippen LogP contribution in [0.1, 0.15) is 19.8 Å². The van der Waals surface area contributed by atoms with Crippen molar-refractivity contribution in [3.8, 4) is 0 Å². The molecule has 27 heavy (non-hydrogen) atoms. The molecule has 1 amide bonds. The minimum absolute atomic E-state index is 0.187. The van der Waals surface area contributed by atoms with E-state index in [1.165, 1.54) is 7.05 Å². The summed E-state index contributed by atoms with van der Waals surface area (Å²) in [4.78, 5) is 14.8. The topological polar surface area (TPSA) is 69.7 Å². The van der Waals surface area contributed by atoms with E-state index in [9.17, 15) is 13.2 Å². The van der Waals surface area contributed by atoms with Crippen LogP contribution in [0.5, 0.6) is 0 Å². The van der Waals surface area contributed by atoms with Crippen molar-refractivity contribution in [2.45, 2.75) is 30.7 Å². The number of hydrogen-bond acceptors (Lipinski definition) is 4. The lowest BCUT2D eigenvalue weighted by molar-refractivity contribution is -0.121. The highest BCUT2D eigenvalue weighted by molar-refractivity contribution is 7.89. The molecule has 2 aromatic carbocycles. The Hall–Kier alpha value is -1.96. The number of nitrogens with one attached hydrogen (secondary N) is 1. The molecule has 2 aromatic rings. The Morgan fingerprint density at radius 1 is 1.22 bits per heavy atom. The summed E-state index contributed by atoms with van der Waals surface area (Å²) < 4.78 is 26.7. The normalized spacial score (nSPS) is 18.3. The molecule has 1 aliphatic rings. The summed E-state index contributed by atoms with van der Waals surface area (Å²) >= 11 is 0. The maximum atomic E-state index is 12.8. The van der Waals surface area contributed by atoms with Gasteiger partial charge in [0.1, 0.15) is 0 Å². The highest BCUT2D eigenvalue weighted by atomic mass is 32.2. The van der Waals surface area contributed by atoms with Crippen LogP contribution in [-0.4, -0.2) is 62.8 Å². The van der Waals surface area contributed by atoms with Crippen molar-refractivity contribution in [3.63, 3.8) is 0 Å². The average molecular weight is 390 g/mol. The molecule has 0 aromatic heterocycles. The van der Waals surface area contributed by atoms with Crippen molar-refractivity contribution >= 4 is 26.7 Å². The van der Waals surface area contributed by atoms with Crippen LogP contribution in [0.15, 0.2) is 47.4 Å². The zero-order valence-corrected chi connectivity index (χ0v) is 16.7. The first-order valence-electron chi connectivity index (χ1n) is 9.37. The Labute approximate surface area is 161 Å². The van der Waals surface area contributed by atoms with Crippen LogP contribution >= 0.6 is 0 Å². The van der Waals surface area contributed by atoms with Gasteiger partial charge in [-0.1, -0.05) is 37.3 Å². The average Bonchev–Trinajstić information content (AvgIpc) is 3.13. The monoisotopic (exact) mass is 389 g/mol.